The van der Waals surface area contributed by atoms with Crippen molar-refractivity contribution < 1.29 is 9.59 Å². The number of nitrogens with one attached hydrogen (secondary N) is 1. The number of nitrogens with zero attached hydrogens (tertiary/aromatic N) is 2. The van der Waals surface area contributed by atoms with Gasteiger partial charge >= 0.3 is 0 Å². The van der Waals surface area contributed by atoms with E-state index in [0.29, 0.717) is 19.0 Å². The van der Waals surface area contributed by atoms with E-state index in [9.17, 15) is 9.59 Å². The Hall–Kier alpha value is -1.85. The van der Waals surface area contributed by atoms with Crippen molar-refractivity contribution in [1.29, 1.82) is 0 Å². The summed E-state index contributed by atoms with van der Waals surface area (Å²) in [6.45, 7) is 3.73. The zero-order valence-electron chi connectivity index (χ0n) is 14.4. The minimum atomic E-state index is -0.114. The van der Waals surface area contributed by atoms with Crippen molar-refractivity contribution in [3.05, 3.63) is 12.2 Å². The highest BCUT2D eigenvalue weighted by Gasteiger charge is 2.58. The molecule has 0 aromatic heterocycles. The van der Waals surface area contributed by atoms with Crippen LogP contribution in [-0.2, 0) is 9.59 Å². The number of carbonyl (C=O) groups excluding carboxylic acids is 2. The second-order valence-corrected chi connectivity index (χ2v) is 7.08. The number of aliphatic imine (C=N–C) groups is 1. The topological polar surface area (TPSA) is 87.8 Å². The molecule has 6 nitrogen and oxygen atoms in total. The molecule has 2 amide bonds. The largest absolute Gasteiger partial charge is 0.370 e. The number of nitrogens with two attached hydrogens (primary N) is 1. The second kappa shape index (κ2) is 7.36. The third-order valence-electron chi connectivity index (χ3n) is 5.50. The van der Waals surface area contributed by atoms with Crippen LogP contribution in [0.3, 0.4) is 0 Å². The van der Waals surface area contributed by atoms with Gasteiger partial charge in [0.15, 0.2) is 5.96 Å². The summed E-state index contributed by atoms with van der Waals surface area (Å²) in [6, 6.07) is 0. The number of hydrogen-bond donors (Lipinski definition) is 2. The average molecular weight is 332 g/mol. The Labute approximate surface area is 143 Å². The summed E-state index contributed by atoms with van der Waals surface area (Å²) in [5.74, 6) is 0.701. The average Bonchev–Trinajstić information content (AvgIpc) is 3.24. The Morgan fingerprint density at radius 2 is 1.88 bits per heavy atom. The van der Waals surface area contributed by atoms with Gasteiger partial charge in [-0.15, -0.1) is 0 Å². The zero-order chi connectivity index (χ0) is 17.1. The number of guanidine groups is 1. The Bertz CT molecular complexity index is 527. The molecule has 24 heavy (non-hydrogen) atoms. The van der Waals surface area contributed by atoms with E-state index >= 15 is 0 Å². The van der Waals surface area contributed by atoms with E-state index in [2.05, 4.69) is 29.4 Å². The number of likely N-dealkylation sites (tertiary alicyclic amines) is 1. The maximum absolute atomic E-state index is 12.5. The second-order valence-electron chi connectivity index (χ2n) is 7.08. The van der Waals surface area contributed by atoms with E-state index in [-0.39, 0.29) is 35.5 Å². The van der Waals surface area contributed by atoms with Crippen LogP contribution in [0.1, 0.15) is 39.0 Å². The lowest BCUT2D eigenvalue weighted by molar-refractivity contribution is -0.140. The number of amides is 2. The van der Waals surface area contributed by atoms with Crippen molar-refractivity contribution in [2.45, 2.75) is 39.0 Å². The molecule has 4 unspecified atom stereocenters. The molecule has 0 aromatic carbocycles. The number of hydrogen-bond acceptors (Lipinski definition) is 3. The van der Waals surface area contributed by atoms with Gasteiger partial charge < -0.3 is 11.1 Å². The molecular weight excluding hydrogens is 304 g/mol. The van der Waals surface area contributed by atoms with E-state index in [0.717, 1.165) is 19.4 Å². The highest BCUT2D eigenvalue weighted by molar-refractivity contribution is 6.06. The zero-order valence-corrected chi connectivity index (χ0v) is 14.4. The minimum Gasteiger partial charge on any atom is -0.370 e. The highest BCUT2D eigenvalue weighted by Crippen LogP contribution is 2.52. The lowest BCUT2D eigenvalue weighted by Crippen LogP contribution is -2.41. The van der Waals surface area contributed by atoms with Gasteiger partial charge in [0.05, 0.1) is 11.8 Å². The van der Waals surface area contributed by atoms with E-state index < -0.39 is 0 Å². The molecular formula is C18H28N4O2. The van der Waals surface area contributed by atoms with Crippen molar-refractivity contribution in [2.24, 2.45) is 34.4 Å². The van der Waals surface area contributed by atoms with Crippen LogP contribution in [0.4, 0.5) is 0 Å². The van der Waals surface area contributed by atoms with Crippen LogP contribution < -0.4 is 11.1 Å². The fourth-order valence-corrected chi connectivity index (χ4v) is 4.27. The maximum atomic E-state index is 12.5. The van der Waals surface area contributed by atoms with Gasteiger partial charge in [-0.1, -0.05) is 38.3 Å². The monoisotopic (exact) mass is 332 g/mol. The summed E-state index contributed by atoms with van der Waals surface area (Å²) < 4.78 is 0. The molecule has 0 radical (unpaired) electrons. The Kier molecular flexibility index (Phi) is 5.21. The molecule has 2 bridgehead atoms. The summed E-state index contributed by atoms with van der Waals surface area (Å²) >= 11 is 0. The van der Waals surface area contributed by atoms with Gasteiger partial charge in [-0.25, -0.2) is 0 Å². The number of carbonyl (C=O) groups is 2. The molecule has 3 rings (SSSR count). The summed E-state index contributed by atoms with van der Waals surface area (Å²) in [4.78, 5) is 30.7. The van der Waals surface area contributed by atoms with Crippen LogP contribution in [0, 0.1) is 23.7 Å². The van der Waals surface area contributed by atoms with Crippen molar-refractivity contribution in [1.82, 2.24) is 10.2 Å². The first-order chi connectivity index (χ1) is 11.6. The van der Waals surface area contributed by atoms with Crippen molar-refractivity contribution in [3.8, 4) is 0 Å². The maximum Gasteiger partial charge on any atom is 0.233 e. The lowest BCUT2D eigenvalue weighted by Gasteiger charge is -2.17. The Morgan fingerprint density at radius 1 is 1.21 bits per heavy atom. The van der Waals surface area contributed by atoms with Crippen molar-refractivity contribution >= 4 is 17.8 Å². The molecule has 0 spiro atoms. The standard InChI is InChI=1S/C18H28N4O2/c1-2-3-4-5-8-20-18(19)21-9-10-22-16(23)14-12-6-7-13(11-12)15(14)17(22)24/h6-7,12-15H,2-5,8-11H2,1H3,(H3,19,20,21). The lowest BCUT2D eigenvalue weighted by atomic mass is 9.85. The Morgan fingerprint density at radius 3 is 2.50 bits per heavy atom. The van der Waals surface area contributed by atoms with Gasteiger partial charge in [-0.05, 0) is 24.7 Å². The SMILES string of the molecule is CCCCCCN=C(N)NCCN1C(=O)C2C3C=CC(C3)C2C1=O. The number of allylic oxidation sites excluding steroid dienone is 2. The van der Waals surface area contributed by atoms with Crippen LogP contribution in [0.2, 0.25) is 0 Å². The first kappa shape index (κ1) is 17.0. The molecule has 0 aromatic rings. The minimum absolute atomic E-state index is 0.00118. The van der Waals surface area contributed by atoms with Crippen LogP contribution >= 0.6 is 0 Å². The molecule has 2 fully saturated rings. The van der Waals surface area contributed by atoms with Crippen molar-refractivity contribution in [2.75, 3.05) is 19.6 Å². The van der Waals surface area contributed by atoms with Crippen LogP contribution in [0.15, 0.2) is 17.1 Å². The number of imide groups is 1. The molecule has 132 valence electrons. The molecule has 3 N–H and O–H groups in total. The van der Waals surface area contributed by atoms with Gasteiger partial charge in [0.25, 0.3) is 0 Å². The molecule has 6 heteroatoms. The first-order valence-electron chi connectivity index (χ1n) is 9.20. The summed E-state index contributed by atoms with van der Waals surface area (Å²) in [7, 11) is 0. The number of fused-ring (bicyclic) bond motifs is 5. The Balaban J connectivity index is 1.42. The van der Waals surface area contributed by atoms with E-state index in [4.69, 9.17) is 5.73 Å². The van der Waals surface area contributed by atoms with Gasteiger partial charge in [-0.3, -0.25) is 19.5 Å². The van der Waals surface area contributed by atoms with Gasteiger partial charge in [0, 0.05) is 19.6 Å². The van der Waals surface area contributed by atoms with E-state index in [1.165, 1.54) is 24.2 Å². The van der Waals surface area contributed by atoms with E-state index in [1.54, 1.807) is 0 Å². The summed E-state index contributed by atoms with van der Waals surface area (Å²) in [5.41, 5.74) is 5.83. The molecule has 1 heterocycles. The van der Waals surface area contributed by atoms with Gasteiger partial charge in [0.2, 0.25) is 11.8 Å². The molecule has 1 saturated heterocycles. The summed E-state index contributed by atoms with van der Waals surface area (Å²) in [5, 5.41) is 3.01. The number of unbranched alkanes of at least 4 members (excludes halogenated alkanes) is 3. The fourth-order valence-electron chi connectivity index (χ4n) is 4.27. The molecule has 3 aliphatic rings. The number of rotatable bonds is 8. The molecule has 4 atom stereocenters. The quantitative estimate of drug-likeness (QED) is 0.230. The normalized spacial score (nSPS) is 31.2. The van der Waals surface area contributed by atoms with Gasteiger partial charge in [-0.2, -0.15) is 0 Å². The first-order valence-corrected chi connectivity index (χ1v) is 9.20. The molecule has 2 aliphatic carbocycles. The third kappa shape index (κ3) is 3.19. The predicted molar refractivity (Wildman–Crippen MR) is 93.1 cm³/mol. The van der Waals surface area contributed by atoms with Crippen LogP contribution in [-0.4, -0.2) is 42.3 Å². The molecule has 1 saturated carbocycles. The van der Waals surface area contributed by atoms with Gasteiger partial charge in [0.1, 0.15) is 0 Å². The summed E-state index contributed by atoms with van der Waals surface area (Å²) in [6.07, 6.45) is 9.83. The molecule has 1 aliphatic heterocycles. The fraction of sp³-hybridized carbons (Fsp3) is 0.722. The van der Waals surface area contributed by atoms with E-state index in [1.807, 2.05) is 0 Å². The highest BCUT2D eigenvalue weighted by atomic mass is 16.2. The predicted octanol–water partition coefficient (Wildman–Crippen LogP) is 1.28. The van der Waals surface area contributed by atoms with Crippen LogP contribution in [0.5, 0.6) is 0 Å². The smallest absolute Gasteiger partial charge is 0.233 e. The van der Waals surface area contributed by atoms with Crippen molar-refractivity contribution in [3.63, 3.8) is 0 Å². The van der Waals surface area contributed by atoms with Crippen LogP contribution in [0.25, 0.3) is 0 Å². The third-order valence-corrected chi connectivity index (χ3v) is 5.50.